The van der Waals surface area contributed by atoms with E-state index in [0.29, 0.717) is 5.16 Å². The number of nitrogens with zero attached hydrogens (tertiary/aromatic N) is 4. The fourth-order valence-electron chi connectivity index (χ4n) is 3.46. The quantitative estimate of drug-likeness (QED) is 0.484. The van der Waals surface area contributed by atoms with Gasteiger partial charge in [0.2, 0.25) is 5.91 Å². The van der Waals surface area contributed by atoms with E-state index in [1.54, 1.807) is 6.20 Å². The van der Waals surface area contributed by atoms with Crippen LogP contribution in [-0.4, -0.2) is 47.8 Å². The number of carbonyl (C=O) groups excluding carboxylic acids is 1. The van der Waals surface area contributed by atoms with Gasteiger partial charge in [0.05, 0.1) is 5.75 Å². The lowest BCUT2D eigenvalue weighted by atomic mass is 10.2. The van der Waals surface area contributed by atoms with Crippen LogP contribution in [0.4, 0.5) is 17.2 Å². The molecule has 1 saturated heterocycles. The topological polar surface area (TPSA) is 61.4 Å². The lowest BCUT2D eigenvalue weighted by Crippen LogP contribution is -2.46. The van der Waals surface area contributed by atoms with Crippen LogP contribution in [0.15, 0.2) is 72.0 Å². The Morgan fingerprint density at radius 3 is 2.53 bits per heavy atom. The average Bonchev–Trinajstić information content (AvgIpc) is 2.79. The second kappa shape index (κ2) is 9.63. The van der Waals surface area contributed by atoms with Crippen molar-refractivity contribution in [3.05, 3.63) is 72.4 Å². The molecular formula is C23H25N5OS. The smallest absolute Gasteiger partial charge is 0.234 e. The minimum Gasteiger partial charge on any atom is -0.368 e. The summed E-state index contributed by atoms with van der Waals surface area (Å²) in [4.78, 5) is 25.9. The number of hydrogen-bond donors (Lipinski definition) is 1. The minimum absolute atomic E-state index is 0.0592. The Kier molecular flexibility index (Phi) is 6.49. The summed E-state index contributed by atoms with van der Waals surface area (Å²) in [5, 5.41) is 3.54. The van der Waals surface area contributed by atoms with E-state index in [-0.39, 0.29) is 11.7 Å². The number of anilines is 3. The number of aryl methyl sites for hydroxylation is 1. The predicted octanol–water partition coefficient (Wildman–Crippen LogP) is 3.84. The lowest BCUT2D eigenvalue weighted by molar-refractivity contribution is -0.113. The summed E-state index contributed by atoms with van der Waals surface area (Å²) in [6.07, 6.45) is 1.77. The van der Waals surface area contributed by atoms with E-state index in [1.807, 2.05) is 43.3 Å². The van der Waals surface area contributed by atoms with Gasteiger partial charge in [0, 0.05) is 43.8 Å². The molecule has 154 valence electrons. The average molecular weight is 420 g/mol. The summed E-state index contributed by atoms with van der Waals surface area (Å²) in [5.74, 6) is 1.13. The highest BCUT2D eigenvalue weighted by Gasteiger charge is 2.19. The molecule has 6 nitrogen and oxygen atoms in total. The first-order valence-corrected chi connectivity index (χ1v) is 11.0. The van der Waals surface area contributed by atoms with Crippen molar-refractivity contribution in [2.45, 2.75) is 12.1 Å². The number of carbonyl (C=O) groups is 1. The summed E-state index contributed by atoms with van der Waals surface area (Å²) in [7, 11) is 0. The number of rotatable bonds is 6. The third kappa shape index (κ3) is 5.30. The molecular weight excluding hydrogens is 394 g/mol. The maximum atomic E-state index is 12.3. The fourth-order valence-corrected chi connectivity index (χ4v) is 4.09. The molecule has 0 spiro atoms. The van der Waals surface area contributed by atoms with Gasteiger partial charge in [0.25, 0.3) is 0 Å². The molecule has 1 aliphatic heterocycles. The molecule has 1 aliphatic rings. The number of aromatic nitrogens is 2. The highest BCUT2D eigenvalue weighted by atomic mass is 32.2. The number of nitrogens with one attached hydrogen (secondary N) is 1. The molecule has 3 aromatic rings. The molecule has 7 heteroatoms. The SMILES string of the molecule is Cc1cccc(NC(=O)CSc2nccc(N3CCN(c4ccccc4)CC3)n2)c1. The van der Waals surface area contributed by atoms with Gasteiger partial charge in [0.1, 0.15) is 5.82 Å². The van der Waals surface area contributed by atoms with Crippen molar-refractivity contribution in [2.24, 2.45) is 0 Å². The molecule has 2 heterocycles. The van der Waals surface area contributed by atoms with Gasteiger partial charge in [-0.3, -0.25) is 4.79 Å². The number of amides is 1. The molecule has 4 rings (SSSR count). The van der Waals surface area contributed by atoms with E-state index >= 15 is 0 Å². The van der Waals surface area contributed by atoms with Gasteiger partial charge < -0.3 is 15.1 Å². The summed E-state index contributed by atoms with van der Waals surface area (Å²) >= 11 is 1.36. The number of hydrogen-bond acceptors (Lipinski definition) is 6. The van der Waals surface area contributed by atoms with Crippen molar-refractivity contribution in [3.8, 4) is 0 Å². The Bertz CT molecular complexity index is 990. The Hall–Kier alpha value is -3.06. The maximum Gasteiger partial charge on any atom is 0.234 e. The summed E-state index contributed by atoms with van der Waals surface area (Å²) < 4.78 is 0. The molecule has 0 atom stereocenters. The van der Waals surface area contributed by atoms with E-state index in [4.69, 9.17) is 0 Å². The van der Waals surface area contributed by atoms with Gasteiger partial charge >= 0.3 is 0 Å². The summed E-state index contributed by atoms with van der Waals surface area (Å²) in [5.41, 5.74) is 3.19. The van der Waals surface area contributed by atoms with Crippen LogP contribution >= 0.6 is 11.8 Å². The molecule has 2 aromatic carbocycles. The third-order valence-corrected chi connectivity index (χ3v) is 5.84. The van der Waals surface area contributed by atoms with E-state index in [2.05, 4.69) is 49.4 Å². The second-order valence-corrected chi connectivity index (χ2v) is 8.16. The third-order valence-electron chi connectivity index (χ3n) is 4.98. The molecule has 0 radical (unpaired) electrons. The molecule has 0 aliphatic carbocycles. The van der Waals surface area contributed by atoms with E-state index < -0.39 is 0 Å². The standard InChI is InChI=1S/C23H25N5OS/c1-18-6-5-7-19(16-18)25-22(29)17-30-23-24-11-10-21(26-23)28-14-12-27(13-15-28)20-8-3-2-4-9-20/h2-11,16H,12-15,17H2,1H3,(H,25,29). The molecule has 0 bridgehead atoms. The van der Waals surface area contributed by atoms with Crippen LogP contribution in [0.1, 0.15) is 5.56 Å². The molecule has 1 amide bonds. The number of thioether (sulfide) groups is 1. The van der Waals surface area contributed by atoms with Gasteiger partial charge in [-0.2, -0.15) is 0 Å². The van der Waals surface area contributed by atoms with Gasteiger partial charge in [-0.05, 0) is 42.8 Å². The first-order chi connectivity index (χ1) is 14.7. The molecule has 0 saturated carbocycles. The van der Waals surface area contributed by atoms with Crippen LogP contribution in [0.25, 0.3) is 0 Å². The van der Waals surface area contributed by atoms with Crippen LogP contribution in [0.3, 0.4) is 0 Å². The van der Waals surface area contributed by atoms with Gasteiger partial charge in [-0.15, -0.1) is 0 Å². The van der Waals surface area contributed by atoms with Crippen LogP contribution in [0, 0.1) is 6.92 Å². The molecule has 1 N–H and O–H groups in total. The zero-order chi connectivity index (χ0) is 20.8. The molecule has 0 unspecified atom stereocenters. The highest BCUT2D eigenvalue weighted by molar-refractivity contribution is 7.99. The predicted molar refractivity (Wildman–Crippen MR) is 123 cm³/mol. The van der Waals surface area contributed by atoms with E-state index in [9.17, 15) is 4.79 Å². The Morgan fingerprint density at radius 1 is 1.00 bits per heavy atom. The first-order valence-electron chi connectivity index (χ1n) is 10.0. The number of piperazine rings is 1. The van der Waals surface area contributed by atoms with E-state index in [1.165, 1.54) is 17.4 Å². The van der Waals surface area contributed by atoms with Crippen molar-refractivity contribution in [3.63, 3.8) is 0 Å². The Balaban J connectivity index is 1.30. The highest BCUT2D eigenvalue weighted by Crippen LogP contribution is 2.21. The molecule has 1 aromatic heterocycles. The van der Waals surface area contributed by atoms with Gasteiger partial charge in [0.15, 0.2) is 5.16 Å². The van der Waals surface area contributed by atoms with Crippen molar-refractivity contribution in [1.29, 1.82) is 0 Å². The zero-order valence-corrected chi connectivity index (χ0v) is 17.8. The second-order valence-electron chi connectivity index (χ2n) is 7.21. The first kappa shape index (κ1) is 20.2. The zero-order valence-electron chi connectivity index (χ0n) is 17.0. The van der Waals surface area contributed by atoms with Gasteiger partial charge in [-0.25, -0.2) is 9.97 Å². The Labute approximate surface area is 181 Å². The lowest BCUT2D eigenvalue weighted by Gasteiger charge is -2.36. The fraction of sp³-hybridized carbons (Fsp3) is 0.261. The van der Waals surface area contributed by atoms with Crippen LogP contribution in [-0.2, 0) is 4.79 Å². The van der Waals surface area contributed by atoms with Crippen molar-refractivity contribution in [2.75, 3.05) is 47.0 Å². The van der Waals surface area contributed by atoms with Crippen molar-refractivity contribution < 1.29 is 4.79 Å². The normalized spacial score (nSPS) is 13.9. The molecule has 1 fully saturated rings. The maximum absolute atomic E-state index is 12.3. The van der Waals surface area contributed by atoms with Gasteiger partial charge in [-0.1, -0.05) is 42.1 Å². The number of para-hydroxylation sites is 1. The Morgan fingerprint density at radius 2 is 1.77 bits per heavy atom. The monoisotopic (exact) mass is 419 g/mol. The minimum atomic E-state index is -0.0592. The van der Waals surface area contributed by atoms with Crippen LogP contribution < -0.4 is 15.1 Å². The van der Waals surface area contributed by atoms with Crippen LogP contribution in [0.5, 0.6) is 0 Å². The van der Waals surface area contributed by atoms with Crippen molar-refractivity contribution >= 4 is 34.9 Å². The molecule has 30 heavy (non-hydrogen) atoms. The number of benzene rings is 2. The van der Waals surface area contributed by atoms with Crippen molar-refractivity contribution in [1.82, 2.24) is 9.97 Å². The summed E-state index contributed by atoms with van der Waals surface area (Å²) in [6, 6.07) is 20.2. The van der Waals surface area contributed by atoms with Crippen LogP contribution in [0.2, 0.25) is 0 Å². The largest absolute Gasteiger partial charge is 0.368 e. The summed E-state index contributed by atoms with van der Waals surface area (Å²) in [6.45, 7) is 5.72. The van der Waals surface area contributed by atoms with E-state index in [0.717, 1.165) is 43.2 Å².